The molecular weight excluding hydrogens is 247 g/mol. The van der Waals surface area contributed by atoms with Crippen molar-refractivity contribution >= 4 is 21.6 Å². The summed E-state index contributed by atoms with van der Waals surface area (Å²) >= 11 is 3.15. The molecule has 4 heteroatoms. The van der Waals surface area contributed by atoms with Crippen LogP contribution in [0.25, 0.3) is 0 Å². The van der Waals surface area contributed by atoms with Crippen LogP contribution in [0.4, 0.5) is 10.1 Å². The van der Waals surface area contributed by atoms with E-state index in [-0.39, 0.29) is 11.9 Å². The molecular formula is C10H14BrFN2. The fourth-order valence-corrected chi connectivity index (χ4v) is 1.47. The minimum absolute atomic E-state index is 0.186. The number of halogens is 2. The zero-order valence-electron chi connectivity index (χ0n) is 8.27. The largest absolute Gasteiger partial charge is 0.381 e. The van der Waals surface area contributed by atoms with Gasteiger partial charge in [0, 0.05) is 18.3 Å². The summed E-state index contributed by atoms with van der Waals surface area (Å²) in [5, 5.41) is 3.21. The molecule has 0 saturated carbocycles. The first kappa shape index (κ1) is 11.5. The van der Waals surface area contributed by atoms with Gasteiger partial charge < -0.3 is 11.1 Å². The summed E-state index contributed by atoms with van der Waals surface area (Å²) in [7, 11) is 0. The van der Waals surface area contributed by atoms with E-state index in [2.05, 4.69) is 21.2 Å². The van der Waals surface area contributed by atoms with Crippen LogP contribution in [0.15, 0.2) is 16.6 Å². The molecule has 0 aromatic heterocycles. The van der Waals surface area contributed by atoms with E-state index in [1.54, 1.807) is 6.07 Å². The van der Waals surface area contributed by atoms with Gasteiger partial charge in [0.1, 0.15) is 5.82 Å². The van der Waals surface area contributed by atoms with Gasteiger partial charge >= 0.3 is 0 Å². The molecule has 1 unspecified atom stereocenters. The van der Waals surface area contributed by atoms with Gasteiger partial charge in [0.25, 0.3) is 0 Å². The van der Waals surface area contributed by atoms with E-state index in [4.69, 9.17) is 5.73 Å². The summed E-state index contributed by atoms with van der Waals surface area (Å²) < 4.78 is 13.5. The number of anilines is 1. The van der Waals surface area contributed by atoms with E-state index in [0.717, 1.165) is 11.3 Å². The van der Waals surface area contributed by atoms with Gasteiger partial charge in [-0.15, -0.1) is 0 Å². The van der Waals surface area contributed by atoms with Crippen LogP contribution in [0.3, 0.4) is 0 Å². The van der Waals surface area contributed by atoms with Gasteiger partial charge in [-0.05, 0) is 47.5 Å². The van der Waals surface area contributed by atoms with Crippen LogP contribution in [-0.4, -0.2) is 12.6 Å². The predicted molar refractivity (Wildman–Crippen MR) is 61.0 cm³/mol. The fourth-order valence-electron chi connectivity index (χ4n) is 1.13. The average molecular weight is 261 g/mol. The Hall–Kier alpha value is -0.610. The Morgan fingerprint density at radius 3 is 2.79 bits per heavy atom. The van der Waals surface area contributed by atoms with Crippen molar-refractivity contribution in [1.82, 2.24) is 0 Å². The van der Waals surface area contributed by atoms with Gasteiger partial charge in [0.2, 0.25) is 0 Å². The SMILES string of the molecule is Cc1cc(F)c(Br)cc1NC(C)CN. The van der Waals surface area contributed by atoms with Crippen LogP contribution in [0.5, 0.6) is 0 Å². The molecule has 2 nitrogen and oxygen atoms in total. The van der Waals surface area contributed by atoms with Gasteiger partial charge in [0.05, 0.1) is 4.47 Å². The number of nitrogens with one attached hydrogen (secondary N) is 1. The Bertz CT molecular complexity index is 328. The van der Waals surface area contributed by atoms with E-state index >= 15 is 0 Å². The number of hydrogen-bond acceptors (Lipinski definition) is 2. The first-order valence-electron chi connectivity index (χ1n) is 4.47. The normalized spacial score (nSPS) is 12.6. The Labute approximate surface area is 91.8 Å². The molecule has 0 heterocycles. The maximum Gasteiger partial charge on any atom is 0.137 e. The third kappa shape index (κ3) is 2.69. The highest BCUT2D eigenvalue weighted by Crippen LogP contribution is 2.24. The van der Waals surface area contributed by atoms with E-state index in [0.29, 0.717) is 11.0 Å². The van der Waals surface area contributed by atoms with Crippen LogP contribution < -0.4 is 11.1 Å². The number of rotatable bonds is 3. The Balaban J connectivity index is 2.92. The van der Waals surface area contributed by atoms with Crippen molar-refractivity contribution in [2.45, 2.75) is 19.9 Å². The molecule has 1 rings (SSSR count). The Kier molecular flexibility index (Phi) is 3.89. The van der Waals surface area contributed by atoms with Crippen molar-refractivity contribution in [3.8, 4) is 0 Å². The summed E-state index contributed by atoms with van der Waals surface area (Å²) in [6.45, 7) is 4.40. The van der Waals surface area contributed by atoms with E-state index in [1.807, 2.05) is 13.8 Å². The lowest BCUT2D eigenvalue weighted by molar-refractivity contribution is 0.620. The first-order valence-corrected chi connectivity index (χ1v) is 5.26. The quantitative estimate of drug-likeness (QED) is 0.877. The molecule has 1 aromatic carbocycles. The molecule has 0 fully saturated rings. The Morgan fingerprint density at radius 2 is 2.21 bits per heavy atom. The van der Waals surface area contributed by atoms with Gasteiger partial charge in [0.15, 0.2) is 0 Å². The zero-order valence-corrected chi connectivity index (χ0v) is 9.86. The molecule has 0 aliphatic rings. The van der Waals surface area contributed by atoms with Crippen molar-refractivity contribution < 1.29 is 4.39 Å². The molecule has 78 valence electrons. The maximum atomic E-state index is 13.1. The average Bonchev–Trinajstić information content (AvgIpc) is 2.14. The van der Waals surface area contributed by atoms with E-state index in [9.17, 15) is 4.39 Å². The minimum atomic E-state index is -0.242. The highest BCUT2D eigenvalue weighted by atomic mass is 79.9. The summed E-state index contributed by atoms with van der Waals surface area (Å²) in [5.41, 5.74) is 7.28. The first-order chi connectivity index (χ1) is 6.54. The second-order valence-electron chi connectivity index (χ2n) is 3.36. The highest BCUT2D eigenvalue weighted by Gasteiger charge is 2.06. The zero-order chi connectivity index (χ0) is 10.7. The summed E-state index contributed by atoms with van der Waals surface area (Å²) in [6, 6.07) is 3.41. The molecule has 0 amide bonds. The van der Waals surface area contributed by atoms with Gasteiger partial charge in [-0.1, -0.05) is 0 Å². The molecule has 0 saturated heterocycles. The number of nitrogens with two attached hydrogens (primary N) is 1. The van der Waals surface area contributed by atoms with Crippen LogP contribution in [0.2, 0.25) is 0 Å². The number of hydrogen-bond donors (Lipinski definition) is 2. The van der Waals surface area contributed by atoms with Crippen LogP contribution in [0.1, 0.15) is 12.5 Å². The molecule has 0 aliphatic heterocycles. The molecule has 0 radical (unpaired) electrons. The van der Waals surface area contributed by atoms with Crippen molar-refractivity contribution in [1.29, 1.82) is 0 Å². The Morgan fingerprint density at radius 1 is 1.57 bits per heavy atom. The van der Waals surface area contributed by atoms with Gasteiger partial charge in [-0.2, -0.15) is 0 Å². The lowest BCUT2D eigenvalue weighted by atomic mass is 10.2. The highest BCUT2D eigenvalue weighted by molar-refractivity contribution is 9.10. The van der Waals surface area contributed by atoms with Crippen LogP contribution >= 0.6 is 15.9 Å². The molecule has 14 heavy (non-hydrogen) atoms. The maximum absolute atomic E-state index is 13.1. The van der Waals surface area contributed by atoms with Crippen LogP contribution in [0, 0.1) is 12.7 Å². The molecule has 0 spiro atoms. The van der Waals surface area contributed by atoms with Crippen molar-refractivity contribution in [3.63, 3.8) is 0 Å². The fraction of sp³-hybridized carbons (Fsp3) is 0.400. The van der Waals surface area contributed by atoms with Crippen molar-refractivity contribution in [2.75, 3.05) is 11.9 Å². The van der Waals surface area contributed by atoms with E-state index < -0.39 is 0 Å². The molecule has 0 bridgehead atoms. The third-order valence-corrected chi connectivity index (χ3v) is 2.63. The molecule has 1 atom stereocenters. The van der Waals surface area contributed by atoms with E-state index in [1.165, 1.54) is 6.07 Å². The topological polar surface area (TPSA) is 38.0 Å². The van der Waals surface area contributed by atoms with Gasteiger partial charge in [-0.25, -0.2) is 4.39 Å². The monoisotopic (exact) mass is 260 g/mol. The van der Waals surface area contributed by atoms with Crippen molar-refractivity contribution in [2.24, 2.45) is 5.73 Å². The number of benzene rings is 1. The summed E-state index contributed by atoms with van der Waals surface area (Å²) in [6.07, 6.45) is 0. The van der Waals surface area contributed by atoms with Crippen LogP contribution in [-0.2, 0) is 0 Å². The standard InChI is InChI=1S/C10H14BrFN2/c1-6-3-9(12)8(11)4-10(6)14-7(2)5-13/h3-4,7,14H,5,13H2,1-2H3. The minimum Gasteiger partial charge on any atom is -0.381 e. The summed E-state index contributed by atoms with van der Waals surface area (Å²) in [5.74, 6) is -0.242. The second kappa shape index (κ2) is 4.75. The lowest BCUT2D eigenvalue weighted by Gasteiger charge is -2.15. The van der Waals surface area contributed by atoms with Gasteiger partial charge in [-0.3, -0.25) is 0 Å². The second-order valence-corrected chi connectivity index (χ2v) is 4.22. The predicted octanol–water partition coefficient (Wildman–Crippen LogP) is 2.66. The third-order valence-electron chi connectivity index (χ3n) is 2.02. The molecule has 3 N–H and O–H groups in total. The lowest BCUT2D eigenvalue weighted by Crippen LogP contribution is -2.25. The smallest absolute Gasteiger partial charge is 0.137 e. The van der Waals surface area contributed by atoms with Crippen molar-refractivity contribution in [3.05, 3.63) is 28.0 Å². The summed E-state index contributed by atoms with van der Waals surface area (Å²) in [4.78, 5) is 0. The molecule has 0 aliphatic carbocycles. The number of aryl methyl sites for hydroxylation is 1. The molecule has 1 aromatic rings.